The molecule has 90 valence electrons. The van der Waals surface area contributed by atoms with Crippen LogP contribution in [-0.2, 0) is 0 Å². The Kier molecular flexibility index (Phi) is 3.21. The molecule has 0 saturated heterocycles. The molecular formula is C12H12F2N2O. The van der Waals surface area contributed by atoms with Crippen molar-refractivity contribution in [3.63, 3.8) is 0 Å². The van der Waals surface area contributed by atoms with Gasteiger partial charge in [0.2, 0.25) is 0 Å². The molecule has 17 heavy (non-hydrogen) atoms. The van der Waals surface area contributed by atoms with Crippen LogP contribution in [0.25, 0.3) is 0 Å². The predicted octanol–water partition coefficient (Wildman–Crippen LogP) is 2.42. The van der Waals surface area contributed by atoms with Crippen LogP contribution in [-0.4, -0.2) is 0 Å². The zero-order chi connectivity index (χ0) is 12.4. The predicted molar refractivity (Wildman–Crippen MR) is 59.0 cm³/mol. The van der Waals surface area contributed by atoms with E-state index in [0.29, 0.717) is 11.1 Å². The quantitative estimate of drug-likeness (QED) is 0.637. The molecule has 1 unspecified atom stereocenters. The molecule has 3 nitrogen and oxygen atoms in total. The second-order valence-corrected chi connectivity index (χ2v) is 3.78. The lowest BCUT2D eigenvalue weighted by molar-refractivity contribution is 0.528. The normalized spacial score (nSPS) is 12.7. The fourth-order valence-electron chi connectivity index (χ4n) is 1.71. The third-order valence-electron chi connectivity index (χ3n) is 2.63. The lowest BCUT2D eigenvalue weighted by atomic mass is 9.99. The number of benzene rings is 1. The van der Waals surface area contributed by atoms with Crippen LogP contribution in [0.2, 0.25) is 0 Å². The number of nitrogens with one attached hydrogen (secondary N) is 1. The minimum absolute atomic E-state index is 0.285. The molecule has 0 amide bonds. The lowest BCUT2D eigenvalue weighted by Crippen LogP contribution is -2.29. The molecule has 0 aliphatic carbocycles. The van der Waals surface area contributed by atoms with Gasteiger partial charge in [0.15, 0.2) is 0 Å². The van der Waals surface area contributed by atoms with Crippen molar-refractivity contribution >= 4 is 0 Å². The zero-order valence-electron chi connectivity index (χ0n) is 9.21. The number of halogens is 2. The molecule has 0 saturated carbocycles. The van der Waals surface area contributed by atoms with E-state index in [1.807, 2.05) is 0 Å². The summed E-state index contributed by atoms with van der Waals surface area (Å²) in [6.45, 7) is 1.57. The lowest BCUT2D eigenvalue weighted by Gasteiger charge is -2.16. The average molecular weight is 238 g/mol. The van der Waals surface area contributed by atoms with E-state index in [0.717, 1.165) is 6.07 Å². The summed E-state index contributed by atoms with van der Waals surface area (Å²) in [6, 6.07) is 3.40. The smallest absolute Gasteiger partial charge is 0.131 e. The largest absolute Gasteiger partial charge is 0.472 e. The Morgan fingerprint density at radius 3 is 2.65 bits per heavy atom. The van der Waals surface area contributed by atoms with Crippen molar-refractivity contribution in [3.8, 4) is 0 Å². The van der Waals surface area contributed by atoms with Crippen LogP contribution in [0.1, 0.15) is 22.7 Å². The maximum Gasteiger partial charge on any atom is 0.131 e. The highest BCUT2D eigenvalue weighted by molar-refractivity contribution is 5.34. The fraction of sp³-hybridized carbons (Fsp3) is 0.167. The van der Waals surface area contributed by atoms with Gasteiger partial charge in [-0.3, -0.25) is 5.84 Å². The highest BCUT2D eigenvalue weighted by Crippen LogP contribution is 2.26. The molecule has 1 heterocycles. The molecular weight excluding hydrogens is 226 g/mol. The first-order chi connectivity index (χ1) is 8.13. The summed E-state index contributed by atoms with van der Waals surface area (Å²) < 4.78 is 31.8. The maximum absolute atomic E-state index is 13.7. The van der Waals surface area contributed by atoms with Crippen molar-refractivity contribution in [2.45, 2.75) is 13.0 Å². The Balaban J connectivity index is 2.48. The van der Waals surface area contributed by atoms with Crippen molar-refractivity contribution < 1.29 is 13.2 Å². The van der Waals surface area contributed by atoms with Crippen molar-refractivity contribution in [1.29, 1.82) is 0 Å². The average Bonchev–Trinajstić information content (AvgIpc) is 2.80. The molecule has 0 spiro atoms. The number of hydrogen-bond acceptors (Lipinski definition) is 3. The van der Waals surface area contributed by atoms with Gasteiger partial charge in [0.25, 0.3) is 0 Å². The Hall–Kier alpha value is -1.72. The topological polar surface area (TPSA) is 51.2 Å². The Labute approximate surface area is 97.2 Å². The van der Waals surface area contributed by atoms with Crippen LogP contribution in [0.4, 0.5) is 8.78 Å². The molecule has 1 atom stereocenters. The van der Waals surface area contributed by atoms with E-state index in [1.54, 1.807) is 13.0 Å². The maximum atomic E-state index is 13.7. The molecule has 5 heteroatoms. The number of furan rings is 1. The zero-order valence-corrected chi connectivity index (χ0v) is 9.21. The monoisotopic (exact) mass is 238 g/mol. The third-order valence-corrected chi connectivity index (χ3v) is 2.63. The number of nitrogens with two attached hydrogens (primary N) is 1. The second-order valence-electron chi connectivity index (χ2n) is 3.78. The summed E-state index contributed by atoms with van der Waals surface area (Å²) in [4.78, 5) is 0. The molecule has 1 aromatic carbocycles. The first-order valence-electron chi connectivity index (χ1n) is 5.07. The summed E-state index contributed by atoms with van der Waals surface area (Å²) in [5.41, 5.74) is 3.81. The van der Waals surface area contributed by atoms with Gasteiger partial charge in [0, 0.05) is 17.2 Å². The van der Waals surface area contributed by atoms with Crippen LogP contribution < -0.4 is 11.3 Å². The molecule has 2 rings (SSSR count). The van der Waals surface area contributed by atoms with Crippen LogP contribution in [0.15, 0.2) is 35.1 Å². The SMILES string of the molecule is Cc1cc(C(NN)c2ccoc2)c(F)cc1F. The van der Waals surface area contributed by atoms with E-state index < -0.39 is 17.7 Å². The molecule has 0 aliphatic rings. The Morgan fingerprint density at radius 2 is 2.06 bits per heavy atom. The highest BCUT2D eigenvalue weighted by Gasteiger charge is 2.19. The van der Waals surface area contributed by atoms with Gasteiger partial charge in [-0.25, -0.2) is 14.2 Å². The van der Waals surface area contributed by atoms with Crippen molar-refractivity contribution in [1.82, 2.24) is 5.43 Å². The number of aryl methyl sites for hydroxylation is 1. The summed E-state index contributed by atoms with van der Waals surface area (Å²) in [5.74, 6) is 4.18. The standard InChI is InChI=1S/C12H12F2N2O/c1-7-4-9(11(14)5-10(7)13)12(16-15)8-2-3-17-6-8/h2-6,12,16H,15H2,1H3. The number of rotatable bonds is 3. The molecule has 0 bridgehead atoms. The van der Waals surface area contributed by atoms with Crippen molar-refractivity contribution in [2.75, 3.05) is 0 Å². The van der Waals surface area contributed by atoms with Crippen LogP contribution in [0, 0.1) is 18.6 Å². The Morgan fingerprint density at radius 1 is 1.29 bits per heavy atom. The first-order valence-corrected chi connectivity index (χ1v) is 5.07. The van der Waals surface area contributed by atoms with Crippen molar-refractivity contribution in [2.24, 2.45) is 5.84 Å². The number of hydrazine groups is 1. The first kappa shape index (κ1) is 11.8. The van der Waals surface area contributed by atoms with E-state index in [-0.39, 0.29) is 5.56 Å². The highest BCUT2D eigenvalue weighted by atomic mass is 19.1. The Bertz CT molecular complexity index is 511. The van der Waals surface area contributed by atoms with E-state index >= 15 is 0 Å². The minimum Gasteiger partial charge on any atom is -0.472 e. The van der Waals surface area contributed by atoms with Gasteiger partial charge >= 0.3 is 0 Å². The van der Waals surface area contributed by atoms with Crippen LogP contribution in [0.5, 0.6) is 0 Å². The molecule has 1 aromatic heterocycles. The molecule has 0 radical (unpaired) electrons. The van der Waals surface area contributed by atoms with E-state index in [1.165, 1.54) is 18.6 Å². The summed E-state index contributed by atoms with van der Waals surface area (Å²) >= 11 is 0. The van der Waals surface area contributed by atoms with Gasteiger partial charge in [0.05, 0.1) is 18.6 Å². The third kappa shape index (κ3) is 2.20. The van der Waals surface area contributed by atoms with Gasteiger partial charge < -0.3 is 4.42 Å². The van der Waals surface area contributed by atoms with Gasteiger partial charge in [-0.1, -0.05) is 0 Å². The van der Waals surface area contributed by atoms with Crippen LogP contribution >= 0.6 is 0 Å². The second kappa shape index (κ2) is 4.65. The van der Waals surface area contributed by atoms with Gasteiger partial charge in [-0.15, -0.1) is 0 Å². The summed E-state index contributed by atoms with van der Waals surface area (Å²) in [6.07, 6.45) is 2.93. The molecule has 3 N–H and O–H groups in total. The van der Waals surface area contributed by atoms with E-state index in [9.17, 15) is 8.78 Å². The van der Waals surface area contributed by atoms with Crippen molar-refractivity contribution in [3.05, 3.63) is 59.1 Å². The molecule has 0 aliphatic heterocycles. The summed E-state index contributed by atoms with van der Waals surface area (Å²) in [5, 5.41) is 0. The molecule has 0 fully saturated rings. The van der Waals surface area contributed by atoms with E-state index in [2.05, 4.69) is 5.43 Å². The van der Waals surface area contributed by atoms with Gasteiger partial charge in [-0.05, 0) is 24.6 Å². The van der Waals surface area contributed by atoms with Crippen LogP contribution in [0.3, 0.4) is 0 Å². The minimum atomic E-state index is -0.641. The molecule has 2 aromatic rings. The summed E-state index contributed by atoms with van der Waals surface area (Å²) in [7, 11) is 0. The van der Waals surface area contributed by atoms with Gasteiger partial charge in [0.1, 0.15) is 11.6 Å². The fourth-order valence-corrected chi connectivity index (χ4v) is 1.71. The number of hydrogen-bond donors (Lipinski definition) is 2. The van der Waals surface area contributed by atoms with Gasteiger partial charge in [-0.2, -0.15) is 0 Å². The van der Waals surface area contributed by atoms with E-state index in [4.69, 9.17) is 10.3 Å².